The average molecular weight is 254 g/mol. The second kappa shape index (κ2) is 7.95. The summed E-state index contributed by atoms with van der Waals surface area (Å²) >= 11 is 1.93. The molecular formula is C12H18N2O2S. The van der Waals surface area contributed by atoms with Crippen LogP contribution in [-0.2, 0) is 4.74 Å². The van der Waals surface area contributed by atoms with Gasteiger partial charge in [0, 0.05) is 18.4 Å². The quantitative estimate of drug-likeness (QED) is 0.598. The fraction of sp³-hybridized carbons (Fsp3) is 0.500. The Hall–Kier alpha value is -1.23. The van der Waals surface area contributed by atoms with Crippen LogP contribution in [0.4, 0.5) is 5.69 Å². The molecule has 0 amide bonds. The minimum Gasteiger partial charge on any atom is -0.464 e. The largest absolute Gasteiger partial charge is 0.464 e. The van der Waals surface area contributed by atoms with Crippen molar-refractivity contribution in [3.63, 3.8) is 0 Å². The molecule has 0 fully saturated rings. The molecule has 1 aromatic rings. The molecule has 0 saturated heterocycles. The van der Waals surface area contributed by atoms with Gasteiger partial charge in [-0.15, -0.1) is 0 Å². The lowest BCUT2D eigenvalue weighted by atomic mass is 10.3. The summed E-state index contributed by atoms with van der Waals surface area (Å²) in [7, 11) is 1.35. The fourth-order valence-electron chi connectivity index (χ4n) is 1.31. The number of esters is 1. The van der Waals surface area contributed by atoms with Crippen molar-refractivity contribution >= 4 is 23.4 Å². The Morgan fingerprint density at radius 3 is 3.12 bits per heavy atom. The first kappa shape index (κ1) is 13.8. The van der Waals surface area contributed by atoms with E-state index < -0.39 is 5.97 Å². The molecule has 4 nitrogen and oxygen atoms in total. The van der Waals surface area contributed by atoms with Crippen LogP contribution in [0.1, 0.15) is 23.8 Å². The summed E-state index contributed by atoms with van der Waals surface area (Å²) < 4.78 is 4.62. The molecule has 0 aliphatic rings. The second-order valence-electron chi connectivity index (χ2n) is 3.40. The number of anilines is 1. The highest BCUT2D eigenvalue weighted by molar-refractivity contribution is 7.99. The molecule has 0 saturated carbocycles. The molecule has 0 spiro atoms. The standard InChI is InChI=1S/C12H18N2O2S/c1-3-17-8-4-6-13-10-5-7-14-11(9-10)12(15)16-2/h5,7,9H,3-4,6,8H2,1-2H3,(H,13,14). The molecule has 0 bridgehead atoms. The van der Waals surface area contributed by atoms with E-state index in [0.717, 1.165) is 30.2 Å². The lowest BCUT2D eigenvalue weighted by molar-refractivity contribution is 0.0594. The summed E-state index contributed by atoms with van der Waals surface area (Å²) in [4.78, 5) is 15.2. The van der Waals surface area contributed by atoms with Crippen LogP contribution in [0.3, 0.4) is 0 Å². The van der Waals surface area contributed by atoms with Gasteiger partial charge in [0.25, 0.3) is 0 Å². The van der Waals surface area contributed by atoms with Crippen LogP contribution >= 0.6 is 11.8 Å². The van der Waals surface area contributed by atoms with Crippen LogP contribution < -0.4 is 5.32 Å². The van der Waals surface area contributed by atoms with E-state index >= 15 is 0 Å². The molecule has 1 rings (SSSR count). The molecule has 0 radical (unpaired) electrons. The van der Waals surface area contributed by atoms with Gasteiger partial charge < -0.3 is 10.1 Å². The number of hydrogen-bond donors (Lipinski definition) is 1. The van der Waals surface area contributed by atoms with Gasteiger partial charge in [-0.25, -0.2) is 9.78 Å². The van der Waals surface area contributed by atoms with Crippen molar-refractivity contribution in [2.75, 3.05) is 30.5 Å². The van der Waals surface area contributed by atoms with E-state index in [2.05, 4.69) is 22.0 Å². The lowest BCUT2D eigenvalue weighted by Crippen LogP contribution is -2.07. The number of methoxy groups -OCH3 is 1. The van der Waals surface area contributed by atoms with E-state index in [1.54, 1.807) is 12.3 Å². The van der Waals surface area contributed by atoms with Gasteiger partial charge in [-0.05, 0) is 30.1 Å². The lowest BCUT2D eigenvalue weighted by Gasteiger charge is -2.06. The molecule has 0 atom stereocenters. The number of ether oxygens (including phenoxy) is 1. The number of carbonyl (C=O) groups excluding carboxylic acids is 1. The number of pyridine rings is 1. The number of nitrogens with one attached hydrogen (secondary N) is 1. The van der Waals surface area contributed by atoms with Gasteiger partial charge in [0.15, 0.2) is 0 Å². The first-order chi connectivity index (χ1) is 8.27. The molecule has 0 aliphatic carbocycles. The summed E-state index contributed by atoms with van der Waals surface area (Å²) in [5.74, 6) is 1.90. The van der Waals surface area contributed by atoms with Crippen molar-refractivity contribution in [3.05, 3.63) is 24.0 Å². The zero-order valence-electron chi connectivity index (χ0n) is 10.2. The molecule has 1 heterocycles. The third-order valence-corrected chi connectivity index (χ3v) is 3.14. The molecular weight excluding hydrogens is 236 g/mol. The first-order valence-corrected chi connectivity index (χ1v) is 6.79. The number of hydrogen-bond acceptors (Lipinski definition) is 5. The molecule has 0 unspecified atom stereocenters. The topological polar surface area (TPSA) is 51.2 Å². The van der Waals surface area contributed by atoms with Crippen LogP contribution in [0.25, 0.3) is 0 Å². The van der Waals surface area contributed by atoms with E-state index in [0.29, 0.717) is 5.69 Å². The molecule has 94 valence electrons. The SMILES string of the molecule is CCSCCCNc1ccnc(C(=O)OC)c1. The predicted octanol–water partition coefficient (Wildman–Crippen LogP) is 2.42. The molecule has 5 heteroatoms. The minimum absolute atomic E-state index is 0.334. The zero-order chi connectivity index (χ0) is 12.5. The predicted molar refractivity (Wildman–Crippen MR) is 71.7 cm³/mol. The highest BCUT2D eigenvalue weighted by atomic mass is 32.2. The van der Waals surface area contributed by atoms with Gasteiger partial charge in [-0.2, -0.15) is 11.8 Å². The van der Waals surface area contributed by atoms with Gasteiger partial charge >= 0.3 is 5.97 Å². The van der Waals surface area contributed by atoms with Crippen LogP contribution in [-0.4, -0.2) is 36.1 Å². The van der Waals surface area contributed by atoms with Crippen LogP contribution in [0.2, 0.25) is 0 Å². The maximum atomic E-state index is 11.3. The van der Waals surface area contributed by atoms with E-state index in [4.69, 9.17) is 0 Å². The zero-order valence-corrected chi connectivity index (χ0v) is 11.0. The summed E-state index contributed by atoms with van der Waals surface area (Å²) in [6.45, 7) is 3.06. The Morgan fingerprint density at radius 2 is 2.41 bits per heavy atom. The monoisotopic (exact) mass is 254 g/mol. The Balaban J connectivity index is 2.40. The molecule has 1 N–H and O–H groups in total. The van der Waals surface area contributed by atoms with E-state index in [9.17, 15) is 4.79 Å². The van der Waals surface area contributed by atoms with Gasteiger partial charge in [-0.1, -0.05) is 6.92 Å². The fourth-order valence-corrected chi connectivity index (χ4v) is 1.95. The van der Waals surface area contributed by atoms with Crippen molar-refractivity contribution < 1.29 is 9.53 Å². The summed E-state index contributed by atoms with van der Waals surface area (Å²) in [5.41, 5.74) is 1.24. The van der Waals surface area contributed by atoms with Crippen LogP contribution in [0.15, 0.2) is 18.3 Å². The molecule has 17 heavy (non-hydrogen) atoms. The molecule has 0 aliphatic heterocycles. The number of thioether (sulfide) groups is 1. The third-order valence-electron chi connectivity index (χ3n) is 2.15. The Bertz CT molecular complexity index is 358. The van der Waals surface area contributed by atoms with Crippen molar-refractivity contribution in [2.24, 2.45) is 0 Å². The second-order valence-corrected chi connectivity index (χ2v) is 4.79. The minimum atomic E-state index is -0.407. The van der Waals surface area contributed by atoms with Crippen molar-refractivity contribution in [3.8, 4) is 0 Å². The smallest absolute Gasteiger partial charge is 0.356 e. The van der Waals surface area contributed by atoms with E-state index in [1.807, 2.05) is 17.8 Å². The summed E-state index contributed by atoms with van der Waals surface area (Å²) in [6, 6.07) is 3.55. The maximum absolute atomic E-state index is 11.3. The summed E-state index contributed by atoms with van der Waals surface area (Å²) in [6.07, 6.45) is 2.71. The van der Waals surface area contributed by atoms with Crippen LogP contribution in [0, 0.1) is 0 Å². The van der Waals surface area contributed by atoms with E-state index in [1.165, 1.54) is 7.11 Å². The van der Waals surface area contributed by atoms with Gasteiger partial charge in [-0.3, -0.25) is 0 Å². The Kier molecular flexibility index (Phi) is 6.47. The highest BCUT2D eigenvalue weighted by Gasteiger charge is 2.06. The molecule has 1 aromatic heterocycles. The Morgan fingerprint density at radius 1 is 1.59 bits per heavy atom. The van der Waals surface area contributed by atoms with Crippen molar-refractivity contribution in [1.82, 2.24) is 4.98 Å². The van der Waals surface area contributed by atoms with Crippen molar-refractivity contribution in [2.45, 2.75) is 13.3 Å². The van der Waals surface area contributed by atoms with Crippen molar-refractivity contribution in [1.29, 1.82) is 0 Å². The van der Waals surface area contributed by atoms with E-state index in [-0.39, 0.29) is 0 Å². The molecule has 0 aromatic carbocycles. The number of rotatable bonds is 7. The summed E-state index contributed by atoms with van der Waals surface area (Å²) in [5, 5.41) is 3.26. The maximum Gasteiger partial charge on any atom is 0.356 e. The Labute approximate surface area is 106 Å². The number of carbonyl (C=O) groups is 1. The van der Waals surface area contributed by atoms with Gasteiger partial charge in [0.1, 0.15) is 5.69 Å². The van der Waals surface area contributed by atoms with Gasteiger partial charge in [0.05, 0.1) is 7.11 Å². The highest BCUT2D eigenvalue weighted by Crippen LogP contribution is 2.09. The third kappa shape index (κ3) is 5.08. The first-order valence-electron chi connectivity index (χ1n) is 5.64. The normalized spacial score (nSPS) is 10.0. The average Bonchev–Trinajstić information content (AvgIpc) is 2.38. The van der Waals surface area contributed by atoms with Gasteiger partial charge in [0.2, 0.25) is 0 Å². The van der Waals surface area contributed by atoms with Crippen LogP contribution in [0.5, 0.6) is 0 Å². The number of aromatic nitrogens is 1. The number of nitrogens with zero attached hydrogens (tertiary/aromatic N) is 1.